The number of carbonyl (C=O) groups is 1. The van der Waals surface area contributed by atoms with Crippen LogP contribution in [0.5, 0.6) is 0 Å². The molecule has 10 heteroatoms. The Morgan fingerprint density at radius 1 is 1.19 bits per heavy atom. The number of carbonyl (C=O) groups excluding carboxylic acids is 1. The number of rotatable bonds is 7. The van der Waals surface area contributed by atoms with Gasteiger partial charge in [0.15, 0.2) is 5.16 Å². The molecule has 2 atom stereocenters. The lowest BCUT2D eigenvalue weighted by atomic mass is 10.1. The molecule has 0 spiro atoms. The fraction of sp³-hybridized carbons (Fsp3) is 0.571. The van der Waals surface area contributed by atoms with Gasteiger partial charge in [-0.1, -0.05) is 35.0 Å². The number of aromatic nitrogens is 3. The summed E-state index contributed by atoms with van der Waals surface area (Å²) >= 11 is 13.5. The third kappa shape index (κ3) is 5.86. The van der Waals surface area contributed by atoms with Crippen LogP contribution in [0.2, 0.25) is 10.0 Å². The summed E-state index contributed by atoms with van der Waals surface area (Å²) in [5, 5.41) is 13.1. The molecule has 0 radical (unpaired) electrons. The highest BCUT2D eigenvalue weighted by Crippen LogP contribution is 2.30. The monoisotopic (exact) mass is 483 g/mol. The summed E-state index contributed by atoms with van der Waals surface area (Å²) in [7, 11) is 0. The number of nitrogens with one attached hydrogen (secondary N) is 1. The van der Waals surface area contributed by atoms with Crippen LogP contribution in [0.15, 0.2) is 23.4 Å². The molecule has 2 aromatic rings. The average Bonchev–Trinajstić information content (AvgIpc) is 3.39. The Morgan fingerprint density at radius 3 is 2.61 bits per heavy atom. The van der Waals surface area contributed by atoms with Crippen molar-refractivity contribution in [3.63, 3.8) is 0 Å². The zero-order valence-corrected chi connectivity index (χ0v) is 19.8. The van der Waals surface area contributed by atoms with Crippen LogP contribution in [0.3, 0.4) is 0 Å². The summed E-state index contributed by atoms with van der Waals surface area (Å²) in [6, 6.07) is 4.99. The van der Waals surface area contributed by atoms with Crippen LogP contribution in [-0.4, -0.2) is 51.7 Å². The van der Waals surface area contributed by atoms with Crippen molar-refractivity contribution in [1.29, 1.82) is 0 Å². The van der Waals surface area contributed by atoms with Gasteiger partial charge in [-0.2, -0.15) is 0 Å². The molecule has 7 nitrogen and oxygen atoms in total. The Bertz CT molecular complexity index is 893. The van der Waals surface area contributed by atoms with Crippen LogP contribution < -0.4 is 10.2 Å². The zero-order chi connectivity index (χ0) is 21.8. The van der Waals surface area contributed by atoms with Crippen molar-refractivity contribution in [2.24, 2.45) is 0 Å². The lowest BCUT2D eigenvalue weighted by molar-refractivity contribution is -0.115. The van der Waals surface area contributed by atoms with Crippen LogP contribution in [0.25, 0.3) is 0 Å². The summed E-state index contributed by atoms with van der Waals surface area (Å²) in [5.74, 6) is 0.737. The molecule has 0 aliphatic carbocycles. The Hall–Kier alpha value is -1.48. The maximum atomic E-state index is 12.8. The van der Waals surface area contributed by atoms with Crippen LogP contribution in [0, 0.1) is 0 Å². The highest BCUT2D eigenvalue weighted by molar-refractivity contribution is 8.00. The predicted octanol–water partition coefficient (Wildman–Crippen LogP) is 4.87. The molecule has 2 aliphatic rings. The van der Waals surface area contributed by atoms with Crippen LogP contribution in [0.1, 0.15) is 39.0 Å². The standard InChI is InChI=1S/C21H27Cl2N5O2S/c1-14(19(29)24-17-11-15(22)10-16(23)12-17)31-21-26-25-20(27-7-3-2-4-8-27)28(21)13-18-6-5-9-30-18/h10-12,14,18H,2-9,13H2,1H3,(H,24,29)/t14-,18+/m1/s1. The summed E-state index contributed by atoms with van der Waals surface area (Å²) in [6.45, 7) is 5.34. The fourth-order valence-electron chi connectivity index (χ4n) is 3.93. The van der Waals surface area contributed by atoms with E-state index in [4.69, 9.17) is 27.9 Å². The zero-order valence-electron chi connectivity index (χ0n) is 17.5. The largest absolute Gasteiger partial charge is 0.376 e. The van der Waals surface area contributed by atoms with E-state index in [2.05, 4.69) is 25.0 Å². The van der Waals surface area contributed by atoms with Gasteiger partial charge in [-0.25, -0.2) is 0 Å². The van der Waals surface area contributed by atoms with E-state index in [-0.39, 0.29) is 17.3 Å². The van der Waals surface area contributed by atoms with E-state index < -0.39 is 0 Å². The molecule has 1 aromatic heterocycles. The molecule has 2 fully saturated rings. The van der Waals surface area contributed by atoms with Gasteiger partial charge in [-0.3, -0.25) is 9.36 Å². The first kappa shape index (κ1) is 22.7. The van der Waals surface area contributed by atoms with Crippen molar-refractivity contribution in [2.45, 2.75) is 62.1 Å². The first-order valence-electron chi connectivity index (χ1n) is 10.7. The normalized spacial score (nSPS) is 20.1. The summed E-state index contributed by atoms with van der Waals surface area (Å²) in [6.07, 6.45) is 5.86. The number of hydrogen-bond donors (Lipinski definition) is 1. The van der Waals surface area contributed by atoms with Crippen molar-refractivity contribution >= 4 is 52.5 Å². The number of ether oxygens (including phenoxy) is 1. The first-order valence-corrected chi connectivity index (χ1v) is 12.4. The number of anilines is 2. The molecule has 0 bridgehead atoms. The molecule has 2 saturated heterocycles. The third-order valence-corrected chi connectivity index (χ3v) is 7.04. The van der Waals surface area contributed by atoms with E-state index >= 15 is 0 Å². The molecular weight excluding hydrogens is 457 g/mol. The molecule has 4 rings (SSSR count). The molecule has 0 unspecified atom stereocenters. The third-order valence-electron chi connectivity index (χ3n) is 5.53. The van der Waals surface area contributed by atoms with E-state index in [9.17, 15) is 4.79 Å². The second-order valence-corrected chi connectivity index (χ2v) is 10.2. The van der Waals surface area contributed by atoms with Gasteiger partial charge in [0.2, 0.25) is 11.9 Å². The summed E-state index contributed by atoms with van der Waals surface area (Å²) in [5.41, 5.74) is 0.574. The highest BCUT2D eigenvalue weighted by atomic mass is 35.5. The van der Waals surface area contributed by atoms with Crippen molar-refractivity contribution in [2.75, 3.05) is 29.9 Å². The second-order valence-electron chi connectivity index (χ2n) is 7.98. The van der Waals surface area contributed by atoms with Crippen molar-refractivity contribution in [1.82, 2.24) is 14.8 Å². The Kier molecular flexibility index (Phi) is 7.63. The minimum atomic E-state index is -0.376. The van der Waals surface area contributed by atoms with Crippen molar-refractivity contribution in [3.8, 4) is 0 Å². The fourth-order valence-corrected chi connectivity index (χ4v) is 5.31. The van der Waals surface area contributed by atoms with Crippen molar-refractivity contribution in [3.05, 3.63) is 28.2 Å². The topological polar surface area (TPSA) is 72.3 Å². The smallest absolute Gasteiger partial charge is 0.237 e. The average molecular weight is 484 g/mol. The molecule has 31 heavy (non-hydrogen) atoms. The lowest BCUT2D eigenvalue weighted by Gasteiger charge is -2.28. The lowest BCUT2D eigenvalue weighted by Crippen LogP contribution is -2.33. The molecule has 2 aliphatic heterocycles. The molecule has 0 saturated carbocycles. The minimum absolute atomic E-state index is 0.144. The minimum Gasteiger partial charge on any atom is -0.376 e. The summed E-state index contributed by atoms with van der Waals surface area (Å²) in [4.78, 5) is 15.1. The predicted molar refractivity (Wildman–Crippen MR) is 125 cm³/mol. The molecule has 3 heterocycles. The Labute approximate surface area is 196 Å². The van der Waals surface area contributed by atoms with E-state index in [1.165, 1.54) is 18.2 Å². The van der Waals surface area contributed by atoms with Gasteiger partial charge in [0, 0.05) is 35.4 Å². The molecular formula is C21H27Cl2N5O2S. The highest BCUT2D eigenvalue weighted by Gasteiger charge is 2.27. The Morgan fingerprint density at radius 2 is 1.94 bits per heavy atom. The van der Waals surface area contributed by atoms with E-state index in [0.717, 1.165) is 56.5 Å². The maximum absolute atomic E-state index is 12.8. The van der Waals surface area contributed by atoms with Gasteiger partial charge in [0.05, 0.1) is 17.9 Å². The van der Waals surface area contributed by atoms with E-state index in [1.807, 2.05) is 6.92 Å². The van der Waals surface area contributed by atoms with Crippen molar-refractivity contribution < 1.29 is 9.53 Å². The number of benzene rings is 1. The van der Waals surface area contributed by atoms with Crippen LogP contribution >= 0.6 is 35.0 Å². The number of hydrogen-bond acceptors (Lipinski definition) is 6. The van der Waals surface area contributed by atoms with Gasteiger partial charge in [0.25, 0.3) is 0 Å². The SMILES string of the molecule is C[C@@H](Sc1nnc(N2CCCCC2)n1C[C@@H]1CCCO1)C(=O)Nc1cc(Cl)cc(Cl)c1. The van der Waals surface area contributed by atoms with Gasteiger partial charge in [0.1, 0.15) is 0 Å². The summed E-state index contributed by atoms with van der Waals surface area (Å²) < 4.78 is 8.00. The van der Waals surface area contributed by atoms with Gasteiger partial charge < -0.3 is 15.0 Å². The van der Waals surface area contributed by atoms with Gasteiger partial charge >= 0.3 is 0 Å². The second kappa shape index (κ2) is 10.4. The van der Waals surface area contributed by atoms with Gasteiger partial charge in [-0.15, -0.1) is 10.2 Å². The number of halogens is 2. The molecule has 168 valence electrons. The Balaban J connectivity index is 1.49. The van der Waals surface area contributed by atoms with E-state index in [1.54, 1.807) is 18.2 Å². The van der Waals surface area contributed by atoms with Gasteiger partial charge in [-0.05, 0) is 57.2 Å². The number of thioether (sulfide) groups is 1. The quantitative estimate of drug-likeness (QED) is 0.566. The number of nitrogens with zero attached hydrogens (tertiary/aromatic N) is 4. The maximum Gasteiger partial charge on any atom is 0.237 e. The number of piperidine rings is 1. The van der Waals surface area contributed by atoms with Crippen LogP contribution in [-0.2, 0) is 16.1 Å². The van der Waals surface area contributed by atoms with Crippen LogP contribution in [0.4, 0.5) is 11.6 Å². The molecule has 1 N–H and O–H groups in total. The first-order chi connectivity index (χ1) is 15.0. The van der Waals surface area contributed by atoms with E-state index in [0.29, 0.717) is 22.3 Å². The number of amides is 1. The molecule has 1 amide bonds. The molecule has 1 aromatic carbocycles.